The van der Waals surface area contributed by atoms with Gasteiger partial charge in [0.15, 0.2) is 0 Å². The third-order valence-electron chi connectivity index (χ3n) is 6.97. The Morgan fingerprint density at radius 1 is 0.763 bits per heavy atom. The molecule has 0 saturated carbocycles. The summed E-state index contributed by atoms with van der Waals surface area (Å²) in [4.78, 5) is 12.8. The Labute approximate surface area is 224 Å². The molecule has 0 spiro atoms. The lowest BCUT2D eigenvalue weighted by molar-refractivity contribution is 0.0955. The molecule has 5 heteroatoms. The molecule has 38 heavy (non-hydrogen) atoms. The highest BCUT2D eigenvalue weighted by Crippen LogP contribution is 2.27. The van der Waals surface area contributed by atoms with Gasteiger partial charge < -0.3 is 9.13 Å². The molecule has 0 bridgehead atoms. The quantitative estimate of drug-likeness (QED) is 0.194. The first kappa shape index (κ1) is 25.0. The number of carbonyl (C=O) groups is 1. The molecule has 0 saturated heterocycles. The van der Waals surface area contributed by atoms with Crippen LogP contribution >= 0.6 is 0 Å². The number of amides is 1. The fraction of sp³-hybridized carbons (Fsp3) is 0.152. The van der Waals surface area contributed by atoms with Crippen molar-refractivity contribution in [2.24, 2.45) is 5.10 Å². The van der Waals surface area contributed by atoms with Gasteiger partial charge in [0.2, 0.25) is 0 Å². The van der Waals surface area contributed by atoms with Gasteiger partial charge in [0.1, 0.15) is 0 Å². The van der Waals surface area contributed by atoms with Crippen LogP contribution in [0.5, 0.6) is 0 Å². The molecular formula is C33H32N4O. The number of hydrogen-bond donors (Lipinski definition) is 1. The van der Waals surface area contributed by atoms with Crippen LogP contribution in [0.15, 0.2) is 96.1 Å². The van der Waals surface area contributed by atoms with Crippen molar-refractivity contribution < 1.29 is 4.79 Å². The van der Waals surface area contributed by atoms with E-state index in [9.17, 15) is 4.79 Å². The fourth-order valence-electron chi connectivity index (χ4n) is 5.05. The van der Waals surface area contributed by atoms with Gasteiger partial charge in [-0.2, -0.15) is 5.10 Å². The molecule has 1 N–H and O–H groups in total. The van der Waals surface area contributed by atoms with Crippen LogP contribution in [0.2, 0.25) is 0 Å². The molecule has 5 aromatic rings. The van der Waals surface area contributed by atoms with E-state index in [-0.39, 0.29) is 5.91 Å². The summed E-state index contributed by atoms with van der Waals surface area (Å²) in [5.74, 6) is -0.247. The molecule has 1 amide bonds. The highest BCUT2D eigenvalue weighted by molar-refractivity contribution is 5.95. The first-order chi connectivity index (χ1) is 18.3. The predicted molar refractivity (Wildman–Crippen MR) is 156 cm³/mol. The van der Waals surface area contributed by atoms with Crippen molar-refractivity contribution in [3.05, 3.63) is 130 Å². The molecule has 5 nitrogen and oxygen atoms in total. The van der Waals surface area contributed by atoms with Crippen molar-refractivity contribution in [3.63, 3.8) is 0 Å². The molecular weight excluding hydrogens is 468 g/mol. The number of nitrogens with one attached hydrogen (secondary N) is 1. The summed E-state index contributed by atoms with van der Waals surface area (Å²) in [6, 6.07) is 30.7. The molecule has 0 aliphatic carbocycles. The van der Waals surface area contributed by atoms with Crippen LogP contribution in [0, 0.1) is 34.6 Å². The number of aryl methyl sites for hydroxylation is 4. The van der Waals surface area contributed by atoms with Gasteiger partial charge in [0.25, 0.3) is 5.91 Å². The number of benzene rings is 3. The molecule has 3 aromatic carbocycles. The summed E-state index contributed by atoms with van der Waals surface area (Å²) in [5, 5.41) is 4.26. The maximum absolute atomic E-state index is 12.8. The van der Waals surface area contributed by atoms with Crippen LogP contribution in [-0.2, 0) is 0 Å². The summed E-state index contributed by atoms with van der Waals surface area (Å²) >= 11 is 0. The van der Waals surface area contributed by atoms with Gasteiger partial charge in [0, 0.05) is 39.6 Å². The zero-order chi connectivity index (χ0) is 26.8. The van der Waals surface area contributed by atoms with E-state index in [1.165, 1.54) is 11.1 Å². The lowest BCUT2D eigenvalue weighted by Gasteiger charge is -2.13. The van der Waals surface area contributed by atoms with Crippen molar-refractivity contribution in [3.8, 4) is 22.6 Å². The van der Waals surface area contributed by atoms with E-state index in [0.717, 1.165) is 45.3 Å². The molecule has 2 heterocycles. The van der Waals surface area contributed by atoms with Crippen LogP contribution in [0.4, 0.5) is 0 Å². The third-order valence-corrected chi connectivity index (χ3v) is 6.97. The van der Waals surface area contributed by atoms with Crippen LogP contribution in [-0.4, -0.2) is 21.3 Å². The van der Waals surface area contributed by atoms with Gasteiger partial charge in [-0.15, -0.1) is 0 Å². The minimum atomic E-state index is -0.247. The van der Waals surface area contributed by atoms with Gasteiger partial charge >= 0.3 is 0 Å². The maximum Gasteiger partial charge on any atom is 0.271 e. The zero-order valence-electron chi connectivity index (χ0n) is 22.5. The highest BCUT2D eigenvalue weighted by Gasteiger charge is 2.13. The van der Waals surface area contributed by atoms with Crippen molar-refractivity contribution >= 4 is 12.1 Å². The van der Waals surface area contributed by atoms with E-state index in [2.05, 4.69) is 103 Å². The van der Waals surface area contributed by atoms with E-state index in [4.69, 9.17) is 0 Å². The minimum Gasteiger partial charge on any atom is -0.318 e. The Balaban J connectivity index is 1.32. The van der Waals surface area contributed by atoms with Gasteiger partial charge in [-0.1, -0.05) is 48.0 Å². The Morgan fingerprint density at radius 3 is 2.21 bits per heavy atom. The normalized spacial score (nSPS) is 11.3. The number of aromatic nitrogens is 2. The van der Waals surface area contributed by atoms with E-state index in [1.807, 2.05) is 42.5 Å². The first-order valence-electron chi connectivity index (χ1n) is 12.8. The Bertz CT molecular complexity index is 1640. The molecule has 0 aliphatic heterocycles. The predicted octanol–water partition coefficient (Wildman–Crippen LogP) is 7.24. The smallest absolute Gasteiger partial charge is 0.271 e. The van der Waals surface area contributed by atoms with Crippen molar-refractivity contribution in [2.45, 2.75) is 34.6 Å². The van der Waals surface area contributed by atoms with Crippen molar-refractivity contribution in [1.82, 2.24) is 14.6 Å². The summed E-state index contributed by atoms with van der Waals surface area (Å²) in [5.41, 5.74) is 14.4. The SMILES string of the molecule is Cc1ccc(-n2c(C)cc(/C=N/NC(=O)c3ccc(-n4c(C)ccc4-c4ccccc4)cc3)c2C)c(C)c1. The maximum atomic E-state index is 12.8. The van der Waals surface area contributed by atoms with Gasteiger partial charge in [-0.3, -0.25) is 4.79 Å². The second-order valence-electron chi connectivity index (χ2n) is 9.76. The minimum absolute atomic E-state index is 0.247. The van der Waals surface area contributed by atoms with E-state index < -0.39 is 0 Å². The first-order valence-corrected chi connectivity index (χ1v) is 12.8. The molecule has 0 fully saturated rings. The van der Waals surface area contributed by atoms with Crippen LogP contribution < -0.4 is 5.43 Å². The molecule has 0 unspecified atom stereocenters. The number of carbonyl (C=O) groups excluding carboxylic acids is 1. The van der Waals surface area contributed by atoms with E-state index in [0.29, 0.717) is 5.56 Å². The average molecular weight is 501 g/mol. The monoisotopic (exact) mass is 500 g/mol. The second-order valence-corrected chi connectivity index (χ2v) is 9.76. The fourth-order valence-corrected chi connectivity index (χ4v) is 5.05. The summed E-state index contributed by atoms with van der Waals surface area (Å²) in [7, 11) is 0. The Morgan fingerprint density at radius 2 is 1.50 bits per heavy atom. The molecule has 0 aliphatic rings. The largest absolute Gasteiger partial charge is 0.318 e. The summed E-state index contributed by atoms with van der Waals surface area (Å²) < 4.78 is 4.42. The topological polar surface area (TPSA) is 51.3 Å². The summed E-state index contributed by atoms with van der Waals surface area (Å²) in [6.45, 7) is 10.5. The van der Waals surface area contributed by atoms with Crippen LogP contribution in [0.25, 0.3) is 22.6 Å². The third kappa shape index (κ3) is 4.83. The van der Waals surface area contributed by atoms with E-state index >= 15 is 0 Å². The highest BCUT2D eigenvalue weighted by atomic mass is 16.2. The van der Waals surface area contributed by atoms with Gasteiger partial charge in [-0.05, 0) is 94.3 Å². The molecule has 0 atom stereocenters. The number of nitrogens with zero attached hydrogens (tertiary/aromatic N) is 3. The Kier molecular flexibility index (Phi) is 6.84. The molecule has 5 rings (SSSR count). The molecule has 190 valence electrons. The second kappa shape index (κ2) is 10.4. The lowest BCUT2D eigenvalue weighted by atomic mass is 10.1. The summed E-state index contributed by atoms with van der Waals surface area (Å²) in [6.07, 6.45) is 1.71. The molecule has 0 radical (unpaired) electrons. The van der Waals surface area contributed by atoms with Crippen LogP contribution in [0.3, 0.4) is 0 Å². The molecule has 2 aromatic heterocycles. The number of hydrazone groups is 1. The average Bonchev–Trinajstić information content (AvgIpc) is 3.43. The van der Waals surface area contributed by atoms with Gasteiger partial charge in [-0.25, -0.2) is 5.43 Å². The number of rotatable bonds is 6. The lowest BCUT2D eigenvalue weighted by Crippen LogP contribution is -2.17. The zero-order valence-corrected chi connectivity index (χ0v) is 22.5. The number of hydrogen-bond acceptors (Lipinski definition) is 2. The van der Waals surface area contributed by atoms with Gasteiger partial charge in [0.05, 0.1) is 11.9 Å². The van der Waals surface area contributed by atoms with Crippen molar-refractivity contribution in [1.29, 1.82) is 0 Å². The van der Waals surface area contributed by atoms with Crippen molar-refractivity contribution in [2.75, 3.05) is 0 Å². The Hall–Kier alpha value is -4.64. The van der Waals surface area contributed by atoms with Crippen LogP contribution in [0.1, 0.15) is 44.1 Å². The van der Waals surface area contributed by atoms with E-state index in [1.54, 1.807) is 6.21 Å². The standard InChI is InChI=1S/C33H32N4O/c1-22-11-17-31(23(2)19-22)36-25(4)20-29(26(36)5)21-34-35-33(38)28-13-15-30(16-14-28)37-24(3)12-18-32(37)27-9-7-6-8-10-27/h6-21H,1-5H3,(H,35,38)/b34-21+.